The second kappa shape index (κ2) is 5.14. The molecule has 0 spiro atoms. The van der Waals surface area contributed by atoms with Crippen molar-refractivity contribution in [3.05, 3.63) is 11.6 Å². The Morgan fingerprint density at radius 3 is 2.29 bits per heavy atom. The van der Waals surface area contributed by atoms with E-state index in [0.717, 1.165) is 13.0 Å². The zero-order valence-corrected chi connectivity index (χ0v) is 8.06. The molecule has 0 aliphatic heterocycles. The molecule has 0 aliphatic rings. The fourth-order valence-corrected chi connectivity index (χ4v) is 0.880. The molecule has 0 aliphatic carbocycles. The number of Topliss-reactive ketones (excluding diaryl/α,β-unsaturated/α-hetero) is 1. The third-order valence-corrected chi connectivity index (χ3v) is 1.80. The van der Waals surface area contributed by atoms with Crippen molar-refractivity contribution < 1.29 is 23.1 Å². The smallest absolute Gasteiger partial charge is 0.385 e. The van der Waals surface area contributed by atoms with E-state index in [4.69, 9.17) is 5.11 Å². The highest BCUT2D eigenvalue weighted by atomic mass is 19.4. The predicted octanol–water partition coefficient (Wildman–Crippen LogP) is 2.23. The number of aliphatic hydroxyl groups excluding tert-OH is 1. The van der Waals surface area contributed by atoms with Crippen LogP contribution in [0.4, 0.5) is 13.2 Å². The minimum absolute atomic E-state index is 0.159. The van der Waals surface area contributed by atoms with Crippen LogP contribution in [0.5, 0.6) is 0 Å². The second-order valence-electron chi connectivity index (χ2n) is 2.94. The van der Waals surface area contributed by atoms with Crippen LogP contribution in [-0.4, -0.2) is 23.2 Å². The molecule has 14 heavy (non-hydrogen) atoms. The predicted molar refractivity (Wildman–Crippen MR) is 45.7 cm³/mol. The molecule has 1 atom stereocenters. The Morgan fingerprint density at radius 2 is 2.00 bits per heavy atom. The van der Waals surface area contributed by atoms with Crippen LogP contribution in [0.1, 0.15) is 26.7 Å². The third-order valence-electron chi connectivity index (χ3n) is 1.80. The summed E-state index contributed by atoms with van der Waals surface area (Å²) in [4.78, 5) is 10.5. The van der Waals surface area contributed by atoms with Crippen LogP contribution >= 0.6 is 0 Å². The van der Waals surface area contributed by atoms with Gasteiger partial charge in [-0.15, -0.1) is 0 Å². The molecule has 0 unspecified atom stereocenters. The van der Waals surface area contributed by atoms with E-state index in [1.807, 2.05) is 0 Å². The molecule has 0 amide bonds. The Morgan fingerprint density at radius 1 is 1.50 bits per heavy atom. The number of carbonyl (C=O) groups is 1. The molecule has 0 aromatic rings. The van der Waals surface area contributed by atoms with Crippen LogP contribution < -0.4 is 0 Å². The molecule has 0 saturated heterocycles. The molecule has 0 heterocycles. The van der Waals surface area contributed by atoms with Gasteiger partial charge in [0.2, 0.25) is 0 Å². The van der Waals surface area contributed by atoms with Crippen molar-refractivity contribution in [1.29, 1.82) is 0 Å². The summed E-state index contributed by atoms with van der Waals surface area (Å²) in [5.41, 5.74) is -0.710. The number of hydrogen-bond acceptors (Lipinski definition) is 2. The Balaban J connectivity index is 4.41. The van der Waals surface area contributed by atoms with E-state index >= 15 is 0 Å². The lowest BCUT2D eigenvalue weighted by Crippen LogP contribution is -2.17. The van der Waals surface area contributed by atoms with Crippen molar-refractivity contribution in [2.75, 3.05) is 0 Å². The minimum Gasteiger partial charge on any atom is -0.385 e. The van der Waals surface area contributed by atoms with E-state index in [-0.39, 0.29) is 12.8 Å². The lowest BCUT2D eigenvalue weighted by Gasteiger charge is -2.10. The Labute approximate surface area is 80.4 Å². The van der Waals surface area contributed by atoms with Gasteiger partial charge in [0.05, 0.1) is 0 Å². The van der Waals surface area contributed by atoms with Crippen LogP contribution in [0.3, 0.4) is 0 Å². The number of rotatable bonds is 4. The quantitative estimate of drug-likeness (QED) is 0.722. The van der Waals surface area contributed by atoms with Crippen molar-refractivity contribution in [3.8, 4) is 0 Å². The molecule has 82 valence electrons. The van der Waals surface area contributed by atoms with Gasteiger partial charge in [-0.05, 0) is 19.8 Å². The highest BCUT2D eigenvalue weighted by molar-refractivity contribution is 5.80. The maximum absolute atomic E-state index is 12.1. The summed E-state index contributed by atoms with van der Waals surface area (Å²) in [6.07, 6.45) is -5.28. The molecule has 0 rings (SSSR count). The van der Waals surface area contributed by atoms with E-state index in [1.54, 1.807) is 0 Å². The van der Waals surface area contributed by atoms with E-state index in [2.05, 4.69) is 0 Å². The van der Waals surface area contributed by atoms with Gasteiger partial charge >= 0.3 is 6.18 Å². The highest BCUT2D eigenvalue weighted by Crippen LogP contribution is 2.28. The molecule has 0 aromatic heterocycles. The zero-order valence-electron chi connectivity index (χ0n) is 8.06. The number of carbonyl (C=O) groups excluding carboxylic acids is 1. The first-order valence-electron chi connectivity index (χ1n) is 4.23. The topological polar surface area (TPSA) is 37.3 Å². The molecule has 5 heteroatoms. The number of hydrogen-bond donors (Lipinski definition) is 1. The maximum Gasteiger partial charge on any atom is 0.412 e. The summed E-state index contributed by atoms with van der Waals surface area (Å²) in [7, 11) is 0. The lowest BCUT2D eigenvalue weighted by molar-refractivity contribution is -0.124. The minimum atomic E-state index is -4.37. The average Bonchev–Trinajstić information content (AvgIpc) is 2.02. The van der Waals surface area contributed by atoms with Crippen LogP contribution in [0, 0.1) is 0 Å². The van der Waals surface area contributed by atoms with E-state index in [9.17, 15) is 18.0 Å². The van der Waals surface area contributed by atoms with Crippen LogP contribution in [0.15, 0.2) is 11.6 Å². The number of aliphatic hydroxyl groups is 1. The Hall–Kier alpha value is -0.840. The first kappa shape index (κ1) is 13.2. The highest BCUT2D eigenvalue weighted by Gasteiger charge is 2.31. The van der Waals surface area contributed by atoms with Crippen LogP contribution in [-0.2, 0) is 4.79 Å². The monoisotopic (exact) mass is 210 g/mol. The summed E-state index contributed by atoms with van der Waals surface area (Å²) in [5.74, 6) is -0.529. The average molecular weight is 210 g/mol. The molecular formula is C9H13F3O2. The normalized spacial score (nSPS) is 15.4. The van der Waals surface area contributed by atoms with Crippen molar-refractivity contribution >= 4 is 5.78 Å². The van der Waals surface area contributed by atoms with Crippen LogP contribution in [0.25, 0.3) is 0 Å². The van der Waals surface area contributed by atoms with Gasteiger partial charge in [-0.2, -0.15) is 13.2 Å². The van der Waals surface area contributed by atoms with E-state index < -0.39 is 23.6 Å². The summed E-state index contributed by atoms with van der Waals surface area (Å²) in [6.45, 7) is 2.51. The van der Waals surface area contributed by atoms with Gasteiger partial charge in [0.25, 0.3) is 0 Å². The molecule has 0 radical (unpaired) electrons. The summed E-state index contributed by atoms with van der Waals surface area (Å²) in [5, 5.41) is 8.98. The SMILES string of the molecule is CC/C(=C\C[C@H](O)C(C)=O)C(F)(F)F. The summed E-state index contributed by atoms with van der Waals surface area (Å²) >= 11 is 0. The van der Waals surface area contributed by atoms with Gasteiger partial charge in [-0.25, -0.2) is 0 Å². The largest absolute Gasteiger partial charge is 0.412 e. The number of halogens is 3. The van der Waals surface area contributed by atoms with E-state index in [0.29, 0.717) is 0 Å². The van der Waals surface area contributed by atoms with Crippen molar-refractivity contribution in [2.24, 2.45) is 0 Å². The van der Waals surface area contributed by atoms with Gasteiger partial charge in [0, 0.05) is 5.57 Å². The molecule has 1 N–H and O–H groups in total. The van der Waals surface area contributed by atoms with Crippen molar-refractivity contribution in [3.63, 3.8) is 0 Å². The van der Waals surface area contributed by atoms with Gasteiger partial charge in [0.1, 0.15) is 6.10 Å². The fourth-order valence-electron chi connectivity index (χ4n) is 0.880. The standard InChI is InChI=1S/C9H13F3O2/c1-3-7(9(10,11)12)4-5-8(14)6(2)13/h4,8,14H,3,5H2,1-2H3/b7-4+/t8-/m0/s1. The maximum atomic E-state index is 12.1. The Bertz CT molecular complexity index is 231. The van der Waals surface area contributed by atoms with Gasteiger partial charge in [-0.1, -0.05) is 13.0 Å². The number of alkyl halides is 3. The van der Waals surface area contributed by atoms with Gasteiger partial charge in [-0.3, -0.25) is 4.79 Å². The molecule has 2 nitrogen and oxygen atoms in total. The van der Waals surface area contributed by atoms with Crippen molar-refractivity contribution in [2.45, 2.75) is 39.0 Å². The number of ketones is 1. The molecule has 0 aromatic carbocycles. The van der Waals surface area contributed by atoms with Gasteiger partial charge in [0.15, 0.2) is 5.78 Å². The first-order valence-corrected chi connectivity index (χ1v) is 4.23. The molecule has 0 bridgehead atoms. The summed E-state index contributed by atoms with van der Waals surface area (Å²) in [6, 6.07) is 0. The number of allylic oxidation sites excluding steroid dienone is 1. The van der Waals surface area contributed by atoms with Crippen molar-refractivity contribution in [1.82, 2.24) is 0 Å². The first-order chi connectivity index (χ1) is 6.29. The third kappa shape index (κ3) is 4.41. The zero-order chi connectivity index (χ0) is 11.4. The van der Waals surface area contributed by atoms with Crippen LogP contribution in [0.2, 0.25) is 0 Å². The molecule has 0 fully saturated rings. The van der Waals surface area contributed by atoms with Gasteiger partial charge < -0.3 is 5.11 Å². The lowest BCUT2D eigenvalue weighted by atomic mass is 10.1. The summed E-state index contributed by atoms with van der Waals surface area (Å²) < 4.78 is 36.4. The molecule has 0 saturated carbocycles. The second-order valence-corrected chi connectivity index (χ2v) is 2.94. The fraction of sp³-hybridized carbons (Fsp3) is 0.667. The van der Waals surface area contributed by atoms with E-state index in [1.165, 1.54) is 6.92 Å². The Kier molecular flexibility index (Phi) is 4.83. The molecular weight excluding hydrogens is 197 g/mol.